The Morgan fingerprint density at radius 2 is 1.90 bits per heavy atom. The van der Waals surface area contributed by atoms with E-state index in [9.17, 15) is 9.59 Å². The molecular formula is C25H23N3O2S. The predicted molar refractivity (Wildman–Crippen MR) is 123 cm³/mol. The van der Waals surface area contributed by atoms with Crippen LogP contribution in [0.4, 0.5) is 11.5 Å². The zero-order valence-corrected chi connectivity index (χ0v) is 18.3. The average Bonchev–Trinajstić information content (AvgIpc) is 3.23. The van der Waals surface area contributed by atoms with E-state index in [1.165, 1.54) is 11.3 Å². The molecule has 2 aromatic heterocycles. The van der Waals surface area contributed by atoms with E-state index in [2.05, 4.69) is 24.1 Å². The molecule has 5 nitrogen and oxygen atoms in total. The van der Waals surface area contributed by atoms with E-state index in [4.69, 9.17) is 0 Å². The molecule has 156 valence electrons. The quantitative estimate of drug-likeness (QED) is 0.576. The Kier molecular flexibility index (Phi) is 4.74. The zero-order valence-electron chi connectivity index (χ0n) is 17.5. The molecule has 0 spiro atoms. The number of thiophene rings is 1. The van der Waals surface area contributed by atoms with Crippen LogP contribution < -0.4 is 10.2 Å². The maximum Gasteiger partial charge on any atom is 0.270 e. The number of hydrogen-bond acceptors (Lipinski definition) is 5. The van der Waals surface area contributed by atoms with Crippen LogP contribution in [0.2, 0.25) is 0 Å². The summed E-state index contributed by atoms with van der Waals surface area (Å²) in [5.74, 6) is 0.455. The molecule has 1 aliphatic carbocycles. The summed E-state index contributed by atoms with van der Waals surface area (Å²) in [5.41, 5.74) is 3.02. The Bertz CT molecular complexity index is 1180. The smallest absolute Gasteiger partial charge is 0.270 e. The van der Waals surface area contributed by atoms with Gasteiger partial charge in [-0.05, 0) is 41.0 Å². The number of amides is 1. The van der Waals surface area contributed by atoms with Gasteiger partial charge in [0.1, 0.15) is 0 Å². The van der Waals surface area contributed by atoms with Gasteiger partial charge in [0, 0.05) is 23.9 Å². The molecule has 0 fully saturated rings. The van der Waals surface area contributed by atoms with Crippen molar-refractivity contribution in [3.8, 4) is 0 Å². The fourth-order valence-electron chi connectivity index (χ4n) is 4.55. The lowest BCUT2D eigenvalue weighted by Gasteiger charge is -2.36. The Morgan fingerprint density at radius 3 is 2.65 bits per heavy atom. The first-order valence-electron chi connectivity index (χ1n) is 10.3. The largest absolute Gasteiger partial charge is 0.355 e. The number of ketones is 1. The van der Waals surface area contributed by atoms with Crippen LogP contribution >= 0.6 is 11.3 Å². The van der Waals surface area contributed by atoms with Crippen molar-refractivity contribution in [2.75, 3.05) is 10.2 Å². The number of rotatable bonds is 2. The molecule has 0 saturated heterocycles. The van der Waals surface area contributed by atoms with Crippen molar-refractivity contribution in [1.29, 1.82) is 0 Å². The maximum absolute atomic E-state index is 13.8. The van der Waals surface area contributed by atoms with Gasteiger partial charge < -0.3 is 5.32 Å². The van der Waals surface area contributed by atoms with Gasteiger partial charge in [0.2, 0.25) is 0 Å². The summed E-state index contributed by atoms with van der Waals surface area (Å²) >= 11 is 1.39. The molecule has 0 radical (unpaired) electrons. The minimum absolute atomic E-state index is 0.0735. The fourth-order valence-corrected chi connectivity index (χ4v) is 5.21. The molecule has 31 heavy (non-hydrogen) atoms. The maximum atomic E-state index is 13.8. The summed E-state index contributed by atoms with van der Waals surface area (Å²) in [5, 5.41) is 5.37. The van der Waals surface area contributed by atoms with Crippen molar-refractivity contribution < 1.29 is 9.59 Å². The Labute approximate surface area is 185 Å². The second-order valence-corrected chi connectivity index (χ2v) is 9.75. The second-order valence-electron chi connectivity index (χ2n) is 8.80. The number of nitrogens with zero attached hydrogens (tertiary/aromatic N) is 2. The first-order valence-corrected chi connectivity index (χ1v) is 11.2. The lowest BCUT2D eigenvalue weighted by atomic mass is 9.73. The number of Topliss-reactive ketones (excluding diaryl/α,β-unsaturated/α-hetero) is 1. The average molecular weight is 430 g/mol. The molecule has 1 N–H and O–H groups in total. The molecule has 1 aliphatic heterocycles. The van der Waals surface area contributed by atoms with Crippen molar-refractivity contribution in [3.05, 3.63) is 87.9 Å². The number of anilines is 2. The number of benzene rings is 1. The number of fused-ring (bicyclic) bond motifs is 1. The summed E-state index contributed by atoms with van der Waals surface area (Å²) in [6.45, 7) is 4.22. The topological polar surface area (TPSA) is 62.3 Å². The molecule has 0 saturated carbocycles. The third-order valence-corrected chi connectivity index (χ3v) is 6.68. The van der Waals surface area contributed by atoms with Gasteiger partial charge in [0.05, 0.1) is 16.6 Å². The standard InChI is InChI=1S/C25H23N3O2S/c1-25(2)14-18-21(19(29)15-25)22(16-8-4-3-5-9-16)28(24(30)20-11-7-13-31-20)23-17(27-18)10-6-12-26-23/h3-13,22,27H,14-15H2,1-2H3/t22-/m0/s1. The minimum atomic E-state index is -0.543. The first-order chi connectivity index (χ1) is 14.9. The number of carbonyl (C=O) groups is 2. The lowest BCUT2D eigenvalue weighted by Crippen LogP contribution is -2.39. The molecule has 1 amide bonds. The molecule has 6 heteroatoms. The normalized spacial score (nSPS) is 19.9. The highest BCUT2D eigenvalue weighted by molar-refractivity contribution is 7.12. The van der Waals surface area contributed by atoms with E-state index in [-0.39, 0.29) is 17.1 Å². The van der Waals surface area contributed by atoms with Crippen molar-refractivity contribution in [1.82, 2.24) is 4.98 Å². The summed E-state index contributed by atoms with van der Waals surface area (Å²) in [4.78, 5) is 34.2. The van der Waals surface area contributed by atoms with Gasteiger partial charge >= 0.3 is 0 Å². The molecule has 2 aliphatic rings. The van der Waals surface area contributed by atoms with Gasteiger partial charge in [-0.25, -0.2) is 4.98 Å². The van der Waals surface area contributed by atoms with Crippen LogP contribution in [0.15, 0.2) is 77.4 Å². The first kappa shape index (κ1) is 19.7. The third-order valence-electron chi connectivity index (χ3n) is 5.82. The van der Waals surface area contributed by atoms with Crippen LogP contribution in [-0.4, -0.2) is 16.7 Å². The summed E-state index contributed by atoms with van der Waals surface area (Å²) < 4.78 is 0. The second kappa shape index (κ2) is 7.46. The molecule has 1 atom stereocenters. The van der Waals surface area contributed by atoms with E-state index in [0.29, 0.717) is 22.7 Å². The lowest BCUT2D eigenvalue weighted by molar-refractivity contribution is -0.118. The number of pyridine rings is 1. The molecule has 3 aromatic rings. The molecule has 0 unspecified atom stereocenters. The van der Waals surface area contributed by atoms with Gasteiger partial charge in [-0.15, -0.1) is 11.3 Å². The fraction of sp³-hybridized carbons (Fsp3) is 0.240. The van der Waals surface area contributed by atoms with E-state index in [1.54, 1.807) is 11.1 Å². The van der Waals surface area contributed by atoms with Gasteiger partial charge in [-0.2, -0.15) is 0 Å². The Morgan fingerprint density at radius 1 is 1.10 bits per heavy atom. The third kappa shape index (κ3) is 3.47. The van der Waals surface area contributed by atoms with Crippen LogP contribution in [0.5, 0.6) is 0 Å². The van der Waals surface area contributed by atoms with E-state index >= 15 is 0 Å². The van der Waals surface area contributed by atoms with Crippen LogP contribution in [0.3, 0.4) is 0 Å². The van der Waals surface area contributed by atoms with E-state index in [1.807, 2.05) is 60.0 Å². The van der Waals surface area contributed by atoms with Crippen molar-refractivity contribution in [2.24, 2.45) is 5.41 Å². The zero-order chi connectivity index (χ0) is 21.6. The van der Waals surface area contributed by atoms with Gasteiger partial charge in [-0.1, -0.05) is 50.2 Å². The van der Waals surface area contributed by atoms with Gasteiger partial charge in [-0.3, -0.25) is 14.5 Å². The summed E-state index contributed by atoms with van der Waals surface area (Å²) in [7, 11) is 0. The highest BCUT2D eigenvalue weighted by Crippen LogP contribution is 2.48. The number of aromatic nitrogens is 1. The summed E-state index contributed by atoms with van der Waals surface area (Å²) in [6.07, 6.45) is 2.86. The van der Waals surface area contributed by atoms with Crippen LogP contribution in [0, 0.1) is 5.41 Å². The number of allylic oxidation sites excluding steroid dienone is 1. The van der Waals surface area contributed by atoms with Crippen molar-refractivity contribution in [2.45, 2.75) is 32.7 Å². The number of carbonyl (C=O) groups excluding carboxylic acids is 2. The molecule has 3 heterocycles. The van der Waals surface area contributed by atoms with Crippen LogP contribution in [0.25, 0.3) is 0 Å². The molecule has 0 bridgehead atoms. The number of nitrogens with one attached hydrogen (secondary N) is 1. The van der Waals surface area contributed by atoms with Crippen LogP contribution in [-0.2, 0) is 4.79 Å². The predicted octanol–water partition coefficient (Wildman–Crippen LogP) is 5.60. The molecule has 1 aromatic carbocycles. The SMILES string of the molecule is CC1(C)CC(=O)C2=C(C1)Nc1cccnc1N(C(=O)c1cccs1)[C@H]2c1ccccc1. The van der Waals surface area contributed by atoms with Crippen molar-refractivity contribution >= 4 is 34.5 Å². The monoisotopic (exact) mass is 429 g/mol. The van der Waals surface area contributed by atoms with Crippen molar-refractivity contribution in [3.63, 3.8) is 0 Å². The van der Waals surface area contributed by atoms with Crippen LogP contribution in [0.1, 0.15) is 48.0 Å². The highest BCUT2D eigenvalue weighted by atomic mass is 32.1. The van der Waals surface area contributed by atoms with Gasteiger partial charge in [0.15, 0.2) is 11.6 Å². The Balaban J connectivity index is 1.79. The van der Waals surface area contributed by atoms with E-state index in [0.717, 1.165) is 23.4 Å². The Hall–Kier alpha value is -3.25. The van der Waals surface area contributed by atoms with Gasteiger partial charge in [0.25, 0.3) is 5.91 Å². The van der Waals surface area contributed by atoms with E-state index < -0.39 is 6.04 Å². The molecule has 5 rings (SSSR count). The summed E-state index contributed by atoms with van der Waals surface area (Å²) in [6, 6.07) is 16.7. The number of hydrogen-bond donors (Lipinski definition) is 1. The highest BCUT2D eigenvalue weighted by Gasteiger charge is 2.44. The minimum Gasteiger partial charge on any atom is -0.355 e. The molecular weight excluding hydrogens is 406 g/mol.